The van der Waals surface area contributed by atoms with Crippen LogP contribution in [0.4, 0.5) is 0 Å². The smallest absolute Gasteiger partial charge is 0.293 e. The Morgan fingerprint density at radius 3 is 2.59 bits per heavy atom. The maximum absolute atomic E-state index is 12.8. The minimum absolute atomic E-state index is 0.164. The van der Waals surface area contributed by atoms with E-state index in [2.05, 4.69) is 21.1 Å². The van der Waals surface area contributed by atoms with Gasteiger partial charge in [-0.05, 0) is 49.6 Å². The lowest BCUT2D eigenvalue weighted by atomic mass is 9.99. The first kappa shape index (κ1) is 17.2. The second-order valence-corrected chi connectivity index (χ2v) is 6.65. The summed E-state index contributed by atoms with van der Waals surface area (Å²) in [7, 11) is 1.66. The molecule has 0 unspecified atom stereocenters. The summed E-state index contributed by atoms with van der Waals surface area (Å²) in [5.41, 5.74) is 4.16. The van der Waals surface area contributed by atoms with Crippen molar-refractivity contribution < 1.29 is 9.53 Å². The lowest BCUT2D eigenvalue weighted by Crippen LogP contribution is -2.35. The summed E-state index contributed by atoms with van der Waals surface area (Å²) < 4.78 is 6.82. The molecule has 0 atom stereocenters. The van der Waals surface area contributed by atoms with Crippen LogP contribution in [0.1, 0.15) is 34.0 Å². The fraction of sp³-hybridized carbons (Fsp3) is 0.300. The number of carbonyl (C=O) groups is 1. The Morgan fingerprint density at radius 1 is 1.15 bits per heavy atom. The summed E-state index contributed by atoms with van der Waals surface area (Å²) >= 11 is 0. The number of benzene rings is 1. The molecule has 4 rings (SSSR count). The fourth-order valence-corrected chi connectivity index (χ4v) is 3.32. The number of aromatic nitrogens is 4. The number of hydrogen-bond acceptors (Lipinski definition) is 5. The maximum Gasteiger partial charge on any atom is 0.293 e. The summed E-state index contributed by atoms with van der Waals surface area (Å²) in [5.74, 6) is 1.33. The summed E-state index contributed by atoms with van der Waals surface area (Å²) in [5, 5.41) is 4.34. The largest absolute Gasteiger partial charge is 0.497 e. The number of amides is 1. The van der Waals surface area contributed by atoms with Crippen LogP contribution in [0.2, 0.25) is 0 Å². The van der Waals surface area contributed by atoms with Crippen LogP contribution in [0.3, 0.4) is 0 Å². The van der Waals surface area contributed by atoms with E-state index >= 15 is 0 Å². The number of rotatable bonds is 3. The van der Waals surface area contributed by atoms with Crippen LogP contribution in [0.5, 0.6) is 5.75 Å². The average molecular weight is 363 g/mol. The number of fused-ring (bicyclic) bond motifs is 1. The number of carbonyl (C=O) groups excluding carboxylic acids is 1. The maximum atomic E-state index is 12.8. The zero-order valence-electron chi connectivity index (χ0n) is 15.6. The average Bonchev–Trinajstić information content (AvgIpc) is 3.12. The van der Waals surface area contributed by atoms with Crippen molar-refractivity contribution in [1.82, 2.24) is 24.5 Å². The molecule has 0 bridgehead atoms. The molecule has 27 heavy (non-hydrogen) atoms. The Balaban J connectivity index is 1.52. The first-order chi connectivity index (χ1) is 13.0. The third-order valence-corrected chi connectivity index (χ3v) is 4.77. The van der Waals surface area contributed by atoms with Crippen molar-refractivity contribution in [2.75, 3.05) is 20.2 Å². The molecule has 0 saturated carbocycles. The molecule has 7 nitrogen and oxygen atoms in total. The molecule has 3 aromatic rings. The van der Waals surface area contributed by atoms with Crippen LogP contribution in [0.15, 0.2) is 36.4 Å². The highest BCUT2D eigenvalue weighted by molar-refractivity contribution is 5.91. The minimum atomic E-state index is -0.164. The highest BCUT2D eigenvalue weighted by atomic mass is 16.5. The third-order valence-electron chi connectivity index (χ3n) is 4.77. The van der Waals surface area contributed by atoms with Gasteiger partial charge in [0.05, 0.1) is 7.11 Å². The van der Waals surface area contributed by atoms with Gasteiger partial charge in [-0.2, -0.15) is 4.98 Å². The van der Waals surface area contributed by atoms with E-state index in [0.717, 1.165) is 29.1 Å². The van der Waals surface area contributed by atoms with Gasteiger partial charge in [-0.25, -0.2) is 9.50 Å². The van der Waals surface area contributed by atoms with Crippen molar-refractivity contribution in [3.05, 3.63) is 59.2 Å². The molecule has 1 aromatic carbocycles. The van der Waals surface area contributed by atoms with Gasteiger partial charge in [-0.1, -0.05) is 18.2 Å². The number of aryl methyl sites for hydroxylation is 2. The Hall–Kier alpha value is -3.22. The van der Waals surface area contributed by atoms with Gasteiger partial charge in [0.1, 0.15) is 5.75 Å². The van der Waals surface area contributed by atoms with E-state index in [-0.39, 0.29) is 11.7 Å². The third kappa shape index (κ3) is 3.28. The zero-order valence-corrected chi connectivity index (χ0v) is 15.6. The summed E-state index contributed by atoms with van der Waals surface area (Å²) in [4.78, 5) is 23.2. The number of ether oxygens (including phenoxy) is 1. The van der Waals surface area contributed by atoms with Gasteiger partial charge in [0, 0.05) is 24.5 Å². The molecule has 0 N–H and O–H groups in total. The molecule has 1 aliphatic heterocycles. The molecular weight excluding hydrogens is 342 g/mol. The Bertz CT molecular complexity index is 1040. The Morgan fingerprint density at radius 2 is 1.93 bits per heavy atom. The normalized spacial score (nSPS) is 14.3. The van der Waals surface area contributed by atoms with Crippen LogP contribution in [0.25, 0.3) is 11.4 Å². The topological polar surface area (TPSA) is 72.6 Å². The van der Waals surface area contributed by atoms with Gasteiger partial charge in [0.2, 0.25) is 5.82 Å². The molecule has 7 heteroatoms. The summed E-state index contributed by atoms with van der Waals surface area (Å²) in [6, 6.07) is 9.91. The van der Waals surface area contributed by atoms with Gasteiger partial charge in [0.25, 0.3) is 11.7 Å². The van der Waals surface area contributed by atoms with Crippen molar-refractivity contribution >= 4 is 17.3 Å². The van der Waals surface area contributed by atoms with Gasteiger partial charge < -0.3 is 9.64 Å². The highest BCUT2D eigenvalue weighted by Crippen LogP contribution is 2.24. The standard InChI is InChI=1S/C20H21N5O2/c1-13-12-14(2)25-20(21-13)22-18(23-25)19(26)24-10-8-16(9-11-24)15-4-6-17(27-3)7-5-15/h4-8,12H,9-11H2,1-3H3. The van der Waals surface area contributed by atoms with E-state index < -0.39 is 0 Å². The molecule has 3 heterocycles. The highest BCUT2D eigenvalue weighted by Gasteiger charge is 2.23. The van der Waals surface area contributed by atoms with Crippen molar-refractivity contribution in [2.24, 2.45) is 0 Å². The lowest BCUT2D eigenvalue weighted by molar-refractivity contribution is 0.0761. The molecule has 0 aliphatic carbocycles. The number of methoxy groups -OCH3 is 1. The second kappa shape index (κ2) is 6.83. The molecular formula is C20H21N5O2. The molecule has 2 aromatic heterocycles. The molecule has 138 valence electrons. The van der Waals surface area contributed by atoms with E-state index in [4.69, 9.17) is 4.74 Å². The van der Waals surface area contributed by atoms with Crippen LogP contribution in [-0.4, -0.2) is 50.6 Å². The first-order valence-corrected chi connectivity index (χ1v) is 8.89. The Kier molecular flexibility index (Phi) is 4.35. The number of hydrogen-bond donors (Lipinski definition) is 0. The van der Waals surface area contributed by atoms with Gasteiger partial charge >= 0.3 is 0 Å². The molecule has 0 radical (unpaired) electrons. The second-order valence-electron chi connectivity index (χ2n) is 6.65. The molecule has 1 amide bonds. The zero-order chi connectivity index (χ0) is 19.0. The minimum Gasteiger partial charge on any atom is -0.497 e. The van der Waals surface area contributed by atoms with Crippen molar-refractivity contribution in [2.45, 2.75) is 20.3 Å². The predicted molar refractivity (Wildman–Crippen MR) is 102 cm³/mol. The van der Waals surface area contributed by atoms with E-state index in [9.17, 15) is 4.79 Å². The van der Waals surface area contributed by atoms with E-state index in [1.54, 1.807) is 16.5 Å². The monoisotopic (exact) mass is 363 g/mol. The van der Waals surface area contributed by atoms with E-state index in [1.165, 1.54) is 5.57 Å². The summed E-state index contributed by atoms with van der Waals surface area (Å²) in [6.45, 7) is 5.01. The molecule has 0 spiro atoms. The lowest BCUT2D eigenvalue weighted by Gasteiger charge is -2.25. The van der Waals surface area contributed by atoms with Gasteiger partial charge in [-0.3, -0.25) is 4.79 Å². The van der Waals surface area contributed by atoms with E-state index in [1.807, 2.05) is 44.2 Å². The van der Waals surface area contributed by atoms with Crippen molar-refractivity contribution in [3.8, 4) is 5.75 Å². The molecule has 0 saturated heterocycles. The van der Waals surface area contributed by atoms with Crippen molar-refractivity contribution in [3.63, 3.8) is 0 Å². The van der Waals surface area contributed by atoms with Crippen LogP contribution < -0.4 is 4.74 Å². The van der Waals surface area contributed by atoms with E-state index in [0.29, 0.717) is 18.9 Å². The quantitative estimate of drug-likeness (QED) is 0.715. The van der Waals surface area contributed by atoms with Crippen molar-refractivity contribution in [1.29, 1.82) is 0 Å². The van der Waals surface area contributed by atoms with Gasteiger partial charge in [-0.15, -0.1) is 5.10 Å². The first-order valence-electron chi connectivity index (χ1n) is 8.89. The predicted octanol–water partition coefficient (Wildman–Crippen LogP) is 2.68. The molecule has 1 aliphatic rings. The van der Waals surface area contributed by atoms with Crippen LogP contribution >= 0.6 is 0 Å². The Labute approximate surface area is 157 Å². The SMILES string of the molecule is COc1ccc(C2=CCN(C(=O)c3nc4nc(C)cc(C)n4n3)CC2)cc1. The van der Waals surface area contributed by atoms with Crippen LogP contribution in [-0.2, 0) is 0 Å². The van der Waals surface area contributed by atoms with Crippen LogP contribution in [0, 0.1) is 13.8 Å². The summed E-state index contributed by atoms with van der Waals surface area (Å²) in [6.07, 6.45) is 2.88. The number of nitrogens with zero attached hydrogens (tertiary/aromatic N) is 5. The molecule has 0 fully saturated rings. The van der Waals surface area contributed by atoms with Gasteiger partial charge in [0.15, 0.2) is 0 Å². The fourth-order valence-electron chi connectivity index (χ4n) is 3.32.